The molecule has 0 bridgehead atoms. The second-order valence-electron chi connectivity index (χ2n) is 11.6. The largest absolute Gasteiger partial charge is 0.491 e. The minimum absolute atomic E-state index is 0.0810. The number of benzene rings is 2. The van der Waals surface area contributed by atoms with Crippen LogP contribution in [0, 0.1) is 11.3 Å². The third-order valence-corrected chi connectivity index (χ3v) is 8.62. The number of hydrogen-bond donors (Lipinski definition) is 2. The second-order valence-corrected chi connectivity index (χ2v) is 12.7. The molecule has 0 unspecified atom stereocenters. The van der Waals surface area contributed by atoms with Crippen molar-refractivity contribution in [1.82, 2.24) is 4.98 Å². The number of carbonyl (C=O) groups is 2. The van der Waals surface area contributed by atoms with E-state index in [4.69, 9.17) is 15.5 Å². The van der Waals surface area contributed by atoms with Gasteiger partial charge >= 0.3 is 0 Å². The molecule has 39 heavy (non-hydrogen) atoms. The highest BCUT2D eigenvalue weighted by Gasteiger charge is 2.33. The highest BCUT2D eigenvalue weighted by molar-refractivity contribution is 7.17. The summed E-state index contributed by atoms with van der Waals surface area (Å²) in [5, 5.41) is 4.33. The Kier molecular flexibility index (Phi) is 7.21. The van der Waals surface area contributed by atoms with Gasteiger partial charge < -0.3 is 15.8 Å². The smallest absolute Gasteiger partial charge is 0.257 e. The molecule has 2 aromatic heterocycles. The third-order valence-electron chi connectivity index (χ3n) is 7.45. The molecule has 0 spiro atoms. The van der Waals surface area contributed by atoms with E-state index in [1.165, 1.54) is 11.3 Å². The Bertz CT molecular complexity index is 1550. The summed E-state index contributed by atoms with van der Waals surface area (Å²) in [5.41, 5.74) is 10.2. The Labute approximate surface area is 233 Å². The average Bonchev–Trinajstić information content (AvgIpc) is 3.25. The van der Waals surface area contributed by atoms with Crippen molar-refractivity contribution in [3.63, 3.8) is 0 Å². The number of amides is 2. The molecule has 0 saturated heterocycles. The number of carbonyl (C=O) groups excluding carboxylic acids is 2. The van der Waals surface area contributed by atoms with Gasteiger partial charge in [-0.2, -0.15) is 0 Å². The molecule has 2 amide bonds. The SMILES string of the molecule is CC(C)Oc1ccc(-c2cc(C(=O)Nc3sc4c(c3C(N)=O)CC[C@@H](C(C)(C)C)C4)c3ccccc3n2)cc1. The Morgan fingerprint density at radius 1 is 1.10 bits per heavy atom. The van der Waals surface area contributed by atoms with Crippen molar-refractivity contribution in [1.29, 1.82) is 0 Å². The van der Waals surface area contributed by atoms with E-state index >= 15 is 0 Å². The van der Waals surface area contributed by atoms with Crippen LogP contribution < -0.4 is 15.8 Å². The maximum Gasteiger partial charge on any atom is 0.257 e. The second kappa shape index (κ2) is 10.5. The fourth-order valence-corrected chi connectivity index (χ4v) is 6.66. The van der Waals surface area contributed by atoms with E-state index in [9.17, 15) is 9.59 Å². The number of anilines is 1. The molecule has 1 aliphatic carbocycles. The van der Waals surface area contributed by atoms with E-state index in [0.717, 1.165) is 51.9 Å². The Balaban J connectivity index is 1.51. The van der Waals surface area contributed by atoms with Gasteiger partial charge in [-0.25, -0.2) is 4.98 Å². The van der Waals surface area contributed by atoms with Crippen LogP contribution in [0.4, 0.5) is 5.00 Å². The van der Waals surface area contributed by atoms with Crippen LogP contribution in [0.5, 0.6) is 5.75 Å². The van der Waals surface area contributed by atoms with Gasteiger partial charge in [-0.1, -0.05) is 39.0 Å². The third kappa shape index (κ3) is 5.55. The summed E-state index contributed by atoms with van der Waals surface area (Å²) in [6.07, 6.45) is 2.76. The van der Waals surface area contributed by atoms with Crippen LogP contribution >= 0.6 is 11.3 Å². The Morgan fingerprint density at radius 3 is 2.49 bits per heavy atom. The van der Waals surface area contributed by atoms with Crippen molar-refractivity contribution >= 4 is 39.1 Å². The summed E-state index contributed by atoms with van der Waals surface area (Å²) < 4.78 is 5.77. The molecule has 0 radical (unpaired) electrons. The molecule has 7 heteroatoms. The number of ether oxygens (including phenoxy) is 1. The first kappa shape index (κ1) is 26.9. The standard InChI is InChI=1S/C32H35N3O3S/c1-18(2)38-21-13-10-19(11-14-21)26-17-24(22-8-6-7-9-25(22)34-26)30(37)35-31-28(29(33)36)23-15-12-20(32(3,4)5)16-27(23)39-31/h6-11,13-14,17-18,20H,12,15-16H2,1-5H3,(H2,33,36)(H,35,37)/t20-/m1/s1. The number of nitrogens with zero attached hydrogens (tertiary/aromatic N) is 1. The lowest BCUT2D eigenvalue weighted by molar-refractivity contribution is 0.1000. The molecule has 1 atom stereocenters. The highest BCUT2D eigenvalue weighted by atomic mass is 32.1. The Hall–Kier alpha value is -3.71. The normalized spacial score (nSPS) is 15.3. The van der Waals surface area contributed by atoms with E-state index in [2.05, 4.69) is 26.1 Å². The van der Waals surface area contributed by atoms with Gasteiger partial charge in [0.15, 0.2) is 0 Å². The fourth-order valence-electron chi connectivity index (χ4n) is 5.33. The highest BCUT2D eigenvalue weighted by Crippen LogP contribution is 2.44. The Morgan fingerprint density at radius 2 is 1.82 bits per heavy atom. The van der Waals surface area contributed by atoms with Crippen molar-refractivity contribution in [3.05, 3.63) is 76.2 Å². The molecule has 4 aromatic rings. The number of nitrogens with one attached hydrogen (secondary N) is 1. The van der Waals surface area contributed by atoms with Gasteiger partial charge in [0, 0.05) is 15.8 Å². The quantitative estimate of drug-likeness (QED) is 0.269. The van der Waals surface area contributed by atoms with Crippen molar-refractivity contribution in [2.45, 2.75) is 60.0 Å². The first-order chi connectivity index (χ1) is 18.5. The lowest BCUT2D eigenvalue weighted by atomic mass is 9.72. The summed E-state index contributed by atoms with van der Waals surface area (Å²) in [5.74, 6) is 0.503. The van der Waals surface area contributed by atoms with Crippen molar-refractivity contribution in [2.24, 2.45) is 17.1 Å². The minimum Gasteiger partial charge on any atom is -0.491 e. The average molecular weight is 542 g/mol. The monoisotopic (exact) mass is 541 g/mol. The first-order valence-electron chi connectivity index (χ1n) is 13.4. The maximum atomic E-state index is 13.8. The number of primary amides is 1. The molecular weight excluding hydrogens is 506 g/mol. The molecule has 0 aliphatic heterocycles. The van der Waals surface area contributed by atoms with Gasteiger partial charge in [0.2, 0.25) is 0 Å². The van der Waals surface area contributed by atoms with Crippen LogP contribution in [0.25, 0.3) is 22.2 Å². The van der Waals surface area contributed by atoms with Gasteiger partial charge in [-0.05, 0) is 86.4 Å². The molecule has 6 nitrogen and oxygen atoms in total. The van der Waals surface area contributed by atoms with Crippen LogP contribution in [-0.2, 0) is 12.8 Å². The molecule has 1 aliphatic rings. The number of pyridine rings is 1. The first-order valence-corrected chi connectivity index (χ1v) is 14.3. The fraction of sp³-hybridized carbons (Fsp3) is 0.344. The number of nitrogens with two attached hydrogens (primary N) is 1. The summed E-state index contributed by atoms with van der Waals surface area (Å²) in [6.45, 7) is 10.7. The molecule has 3 N–H and O–H groups in total. The lowest BCUT2D eigenvalue weighted by Gasteiger charge is -2.33. The number of para-hydroxylation sites is 1. The number of hydrogen-bond acceptors (Lipinski definition) is 5. The lowest BCUT2D eigenvalue weighted by Crippen LogP contribution is -2.27. The number of rotatable bonds is 6. The molecule has 2 aromatic carbocycles. The van der Waals surface area contributed by atoms with Crippen molar-refractivity contribution < 1.29 is 14.3 Å². The van der Waals surface area contributed by atoms with E-state index in [-0.39, 0.29) is 17.4 Å². The predicted octanol–water partition coefficient (Wildman–Crippen LogP) is 7.25. The zero-order valence-corrected chi connectivity index (χ0v) is 23.9. The molecular formula is C32H35N3O3S. The van der Waals surface area contributed by atoms with Crippen LogP contribution in [-0.4, -0.2) is 22.9 Å². The van der Waals surface area contributed by atoms with E-state index in [1.807, 2.05) is 68.4 Å². The molecule has 5 rings (SSSR count). The van der Waals surface area contributed by atoms with Gasteiger partial charge in [-0.15, -0.1) is 11.3 Å². The minimum atomic E-state index is -0.499. The zero-order chi connectivity index (χ0) is 27.9. The van der Waals surface area contributed by atoms with Crippen molar-refractivity contribution in [3.8, 4) is 17.0 Å². The predicted molar refractivity (Wildman–Crippen MR) is 159 cm³/mol. The van der Waals surface area contributed by atoms with Gasteiger partial charge in [0.25, 0.3) is 11.8 Å². The topological polar surface area (TPSA) is 94.3 Å². The number of thiophene rings is 1. The van der Waals surface area contributed by atoms with Crippen LogP contribution in [0.1, 0.15) is 72.2 Å². The van der Waals surface area contributed by atoms with Crippen LogP contribution in [0.2, 0.25) is 0 Å². The summed E-state index contributed by atoms with van der Waals surface area (Å²) in [7, 11) is 0. The van der Waals surface area contributed by atoms with E-state index in [1.54, 1.807) is 0 Å². The maximum absolute atomic E-state index is 13.8. The van der Waals surface area contributed by atoms with Gasteiger partial charge in [-0.3, -0.25) is 9.59 Å². The van der Waals surface area contributed by atoms with Gasteiger partial charge in [0.05, 0.1) is 28.4 Å². The summed E-state index contributed by atoms with van der Waals surface area (Å²) in [6, 6.07) is 17.1. The summed E-state index contributed by atoms with van der Waals surface area (Å²) in [4.78, 5) is 32.3. The number of fused-ring (bicyclic) bond motifs is 2. The summed E-state index contributed by atoms with van der Waals surface area (Å²) >= 11 is 1.48. The van der Waals surface area contributed by atoms with Crippen LogP contribution in [0.3, 0.4) is 0 Å². The zero-order valence-electron chi connectivity index (χ0n) is 23.1. The van der Waals surface area contributed by atoms with Crippen molar-refractivity contribution in [2.75, 3.05) is 5.32 Å². The number of aromatic nitrogens is 1. The molecule has 202 valence electrons. The van der Waals surface area contributed by atoms with E-state index in [0.29, 0.717) is 27.7 Å². The molecule has 2 heterocycles. The molecule has 0 saturated carbocycles. The van der Waals surface area contributed by atoms with Crippen LogP contribution in [0.15, 0.2) is 54.6 Å². The van der Waals surface area contributed by atoms with Gasteiger partial charge in [0.1, 0.15) is 10.8 Å². The van der Waals surface area contributed by atoms with E-state index < -0.39 is 5.91 Å². The molecule has 0 fully saturated rings.